The Labute approximate surface area is 114 Å². The number of anilines is 1. The van der Waals surface area contributed by atoms with E-state index in [0.717, 1.165) is 11.3 Å². The Morgan fingerprint density at radius 2 is 2.17 bits per heavy atom. The molecule has 1 heterocycles. The number of alkyl halides is 1. The Hall–Kier alpha value is -1.36. The molecule has 1 amide bonds. The number of carbonyl (C=O) groups excluding carboxylic acids is 2. The van der Waals surface area contributed by atoms with Crippen LogP contribution in [-0.4, -0.2) is 29.9 Å². The predicted molar refractivity (Wildman–Crippen MR) is 72.2 cm³/mol. The van der Waals surface area contributed by atoms with Crippen LogP contribution in [0.2, 0.25) is 0 Å². The molecule has 1 aromatic rings. The van der Waals surface area contributed by atoms with Crippen molar-refractivity contribution in [2.75, 3.05) is 16.8 Å². The highest BCUT2D eigenvalue weighted by Gasteiger charge is 2.38. The van der Waals surface area contributed by atoms with Crippen LogP contribution in [0.4, 0.5) is 10.5 Å². The molecule has 1 aromatic carbocycles. The third-order valence-electron chi connectivity index (χ3n) is 2.94. The molecule has 0 N–H and O–H groups in total. The van der Waals surface area contributed by atoms with Crippen LogP contribution in [0.5, 0.6) is 0 Å². The molecule has 18 heavy (non-hydrogen) atoms. The zero-order valence-corrected chi connectivity index (χ0v) is 11.6. The van der Waals surface area contributed by atoms with Crippen molar-refractivity contribution >= 4 is 33.5 Å². The molecule has 2 rings (SSSR count). The molecule has 0 saturated heterocycles. The van der Waals surface area contributed by atoms with Gasteiger partial charge in [0.2, 0.25) is 0 Å². The number of para-hydroxylation sites is 1. The van der Waals surface area contributed by atoms with Gasteiger partial charge in [0.1, 0.15) is 6.04 Å². The van der Waals surface area contributed by atoms with Gasteiger partial charge >= 0.3 is 6.09 Å². The van der Waals surface area contributed by atoms with Crippen LogP contribution in [0.1, 0.15) is 12.5 Å². The van der Waals surface area contributed by atoms with Crippen LogP contribution in [0, 0.1) is 0 Å². The summed E-state index contributed by atoms with van der Waals surface area (Å²) in [7, 11) is 0. The fraction of sp³-hybridized carbons (Fsp3) is 0.385. The molecule has 96 valence electrons. The molecule has 1 atom stereocenters. The maximum Gasteiger partial charge on any atom is 0.414 e. The van der Waals surface area contributed by atoms with Crippen molar-refractivity contribution in [2.24, 2.45) is 0 Å². The van der Waals surface area contributed by atoms with Crippen molar-refractivity contribution in [2.45, 2.75) is 19.4 Å². The number of nitrogens with zero attached hydrogens (tertiary/aromatic N) is 1. The average molecular weight is 312 g/mol. The molecule has 0 bridgehead atoms. The van der Waals surface area contributed by atoms with Gasteiger partial charge in [-0.25, -0.2) is 4.79 Å². The number of amides is 1. The van der Waals surface area contributed by atoms with E-state index in [9.17, 15) is 9.59 Å². The third kappa shape index (κ3) is 2.27. The van der Waals surface area contributed by atoms with E-state index in [1.165, 1.54) is 4.90 Å². The molecule has 1 aliphatic rings. The lowest BCUT2D eigenvalue weighted by atomic mass is 10.1. The lowest BCUT2D eigenvalue weighted by molar-refractivity contribution is -0.117. The first-order chi connectivity index (χ1) is 8.69. The normalized spacial score (nSPS) is 17.4. The molecule has 0 fully saturated rings. The second-order valence-electron chi connectivity index (χ2n) is 4.02. The van der Waals surface area contributed by atoms with E-state index in [0.29, 0.717) is 13.0 Å². The van der Waals surface area contributed by atoms with Gasteiger partial charge < -0.3 is 4.74 Å². The molecule has 0 spiro atoms. The zero-order chi connectivity index (χ0) is 13.1. The van der Waals surface area contributed by atoms with Gasteiger partial charge in [0.15, 0.2) is 5.78 Å². The molecule has 0 radical (unpaired) electrons. The first-order valence-electron chi connectivity index (χ1n) is 5.81. The van der Waals surface area contributed by atoms with Crippen LogP contribution in [0.3, 0.4) is 0 Å². The Morgan fingerprint density at radius 3 is 2.83 bits per heavy atom. The van der Waals surface area contributed by atoms with Crippen LogP contribution in [0.25, 0.3) is 0 Å². The van der Waals surface area contributed by atoms with Gasteiger partial charge in [0.05, 0.1) is 17.6 Å². The molecule has 0 aromatic heterocycles. The fourth-order valence-corrected chi connectivity index (χ4v) is 2.53. The van der Waals surface area contributed by atoms with Crippen molar-refractivity contribution in [3.63, 3.8) is 0 Å². The topological polar surface area (TPSA) is 46.6 Å². The number of ether oxygens (including phenoxy) is 1. The number of fused-ring (bicyclic) bond motifs is 1. The first-order valence-corrected chi connectivity index (χ1v) is 6.93. The summed E-state index contributed by atoms with van der Waals surface area (Å²) in [5, 5.41) is 0.238. The molecule has 0 saturated carbocycles. The van der Waals surface area contributed by atoms with Gasteiger partial charge in [-0.3, -0.25) is 9.69 Å². The summed E-state index contributed by atoms with van der Waals surface area (Å²) in [6.45, 7) is 2.05. The van der Waals surface area contributed by atoms with Crippen LogP contribution in [-0.2, 0) is 16.0 Å². The number of ketones is 1. The van der Waals surface area contributed by atoms with E-state index in [-0.39, 0.29) is 11.1 Å². The maximum absolute atomic E-state index is 12.0. The highest BCUT2D eigenvalue weighted by molar-refractivity contribution is 9.09. The average Bonchev–Trinajstić information content (AvgIpc) is 2.77. The summed E-state index contributed by atoms with van der Waals surface area (Å²) in [6, 6.07) is 7.08. The molecule has 4 nitrogen and oxygen atoms in total. The lowest BCUT2D eigenvalue weighted by Crippen LogP contribution is -2.43. The van der Waals surface area contributed by atoms with Crippen LogP contribution >= 0.6 is 15.9 Å². The number of benzene rings is 1. The number of hydrogen-bond donors (Lipinski definition) is 0. The minimum Gasteiger partial charge on any atom is -0.449 e. The van der Waals surface area contributed by atoms with E-state index in [4.69, 9.17) is 4.74 Å². The SMILES string of the molecule is CCOC(=O)N1c2ccccc2CC1C(=O)CBr. The first kappa shape index (κ1) is 13.1. The number of halogens is 1. The van der Waals surface area contributed by atoms with Crippen molar-refractivity contribution < 1.29 is 14.3 Å². The quantitative estimate of drug-likeness (QED) is 0.806. The second kappa shape index (κ2) is 5.52. The van der Waals surface area contributed by atoms with Crippen molar-refractivity contribution in [3.8, 4) is 0 Å². The third-order valence-corrected chi connectivity index (χ3v) is 3.50. The summed E-state index contributed by atoms with van der Waals surface area (Å²) in [5.74, 6) is -0.0146. The minimum atomic E-state index is -0.458. The number of Topliss-reactive ketones (excluding diaryl/α,β-unsaturated/α-hetero) is 1. The number of carbonyl (C=O) groups is 2. The van der Waals surface area contributed by atoms with Crippen molar-refractivity contribution in [3.05, 3.63) is 29.8 Å². The van der Waals surface area contributed by atoms with Crippen LogP contribution in [0.15, 0.2) is 24.3 Å². The van der Waals surface area contributed by atoms with Gasteiger partial charge in [-0.05, 0) is 18.6 Å². The molecule has 1 unspecified atom stereocenters. The predicted octanol–water partition coefficient (Wildman–Crippen LogP) is 2.54. The van der Waals surface area contributed by atoms with Crippen molar-refractivity contribution in [1.82, 2.24) is 0 Å². The molecule has 5 heteroatoms. The summed E-state index contributed by atoms with van der Waals surface area (Å²) < 4.78 is 5.03. The Balaban J connectivity index is 2.35. The smallest absolute Gasteiger partial charge is 0.414 e. The highest BCUT2D eigenvalue weighted by Crippen LogP contribution is 2.33. The number of hydrogen-bond acceptors (Lipinski definition) is 3. The molecular formula is C13H14BrNO3. The Morgan fingerprint density at radius 1 is 1.44 bits per heavy atom. The van der Waals surface area contributed by atoms with Crippen LogP contribution < -0.4 is 4.90 Å². The largest absolute Gasteiger partial charge is 0.449 e. The molecular weight excluding hydrogens is 298 g/mol. The van der Waals surface area contributed by atoms with Gasteiger partial charge in [-0.1, -0.05) is 34.1 Å². The summed E-state index contributed by atoms with van der Waals surface area (Å²) in [6.07, 6.45) is 0.0983. The zero-order valence-electron chi connectivity index (χ0n) is 10.1. The molecule has 0 aliphatic carbocycles. The van der Waals surface area contributed by atoms with Crippen molar-refractivity contribution in [1.29, 1.82) is 0 Å². The van der Waals surface area contributed by atoms with E-state index in [1.54, 1.807) is 6.92 Å². The Kier molecular flexibility index (Phi) is 4.01. The monoisotopic (exact) mass is 311 g/mol. The maximum atomic E-state index is 12.0. The minimum absolute atomic E-state index is 0.0146. The molecule has 1 aliphatic heterocycles. The fourth-order valence-electron chi connectivity index (χ4n) is 2.15. The summed E-state index contributed by atoms with van der Waals surface area (Å²) in [4.78, 5) is 25.3. The highest BCUT2D eigenvalue weighted by atomic mass is 79.9. The van der Waals surface area contributed by atoms with E-state index in [2.05, 4.69) is 15.9 Å². The standard InChI is InChI=1S/C13H14BrNO3/c1-2-18-13(17)15-10-6-4-3-5-9(10)7-11(15)12(16)8-14/h3-6,11H,2,7-8H2,1H3. The number of rotatable bonds is 3. The van der Waals surface area contributed by atoms with Gasteiger partial charge in [0, 0.05) is 6.42 Å². The lowest BCUT2D eigenvalue weighted by Gasteiger charge is -2.23. The van der Waals surface area contributed by atoms with Gasteiger partial charge in [-0.2, -0.15) is 0 Å². The summed E-state index contributed by atoms with van der Waals surface area (Å²) in [5.41, 5.74) is 1.78. The van der Waals surface area contributed by atoms with E-state index >= 15 is 0 Å². The van der Waals surface area contributed by atoms with E-state index < -0.39 is 12.1 Å². The Bertz CT molecular complexity index is 475. The second-order valence-corrected chi connectivity index (χ2v) is 4.58. The van der Waals surface area contributed by atoms with Gasteiger partial charge in [-0.15, -0.1) is 0 Å². The summed E-state index contributed by atoms with van der Waals surface area (Å²) >= 11 is 3.16. The van der Waals surface area contributed by atoms with Gasteiger partial charge in [0.25, 0.3) is 0 Å². The van der Waals surface area contributed by atoms with E-state index in [1.807, 2.05) is 24.3 Å².